The van der Waals surface area contributed by atoms with Crippen LogP contribution in [-0.4, -0.2) is 17.2 Å². The Balaban J connectivity index is 1.63. The molecule has 0 aromatic heterocycles. The van der Waals surface area contributed by atoms with Crippen LogP contribution in [0, 0.1) is 0 Å². The molecule has 29 heavy (non-hydrogen) atoms. The number of hydrogen-bond acceptors (Lipinski definition) is 3. The van der Waals surface area contributed by atoms with E-state index in [0.29, 0.717) is 11.3 Å². The van der Waals surface area contributed by atoms with Crippen molar-refractivity contribution in [2.45, 2.75) is 71.1 Å². The molecule has 0 bridgehead atoms. The molecule has 2 rings (SSSR count). The van der Waals surface area contributed by atoms with Gasteiger partial charge in [0, 0.05) is 23.5 Å². The molecule has 1 amide bonds. The van der Waals surface area contributed by atoms with Gasteiger partial charge in [0.05, 0.1) is 5.69 Å². The molecule has 0 saturated carbocycles. The standard InChI is InChI=1S/C25H34N2O2/c1-2-3-4-5-6-7-8-9-10-11-19-26-22-17-15-21(16-18-22)25(29)27-23-13-12-14-24(28)20-23/h12-20,28H,2-11H2,1H3,(H,27,29). The number of carbonyl (C=O) groups excluding carboxylic acids is 1. The summed E-state index contributed by atoms with van der Waals surface area (Å²) in [7, 11) is 0. The second kappa shape index (κ2) is 13.5. The van der Waals surface area contributed by atoms with Crippen molar-refractivity contribution in [3.63, 3.8) is 0 Å². The Morgan fingerprint density at radius 2 is 1.59 bits per heavy atom. The fourth-order valence-corrected chi connectivity index (χ4v) is 3.20. The highest BCUT2D eigenvalue weighted by atomic mass is 16.3. The van der Waals surface area contributed by atoms with Crippen molar-refractivity contribution in [3.05, 3.63) is 54.1 Å². The monoisotopic (exact) mass is 394 g/mol. The molecule has 0 heterocycles. The maximum atomic E-state index is 12.3. The van der Waals surface area contributed by atoms with E-state index in [9.17, 15) is 9.90 Å². The van der Waals surface area contributed by atoms with Crippen LogP contribution in [0.25, 0.3) is 0 Å². The molecule has 0 aliphatic heterocycles. The number of amides is 1. The van der Waals surface area contributed by atoms with Crippen LogP contribution in [0.15, 0.2) is 53.5 Å². The lowest BCUT2D eigenvalue weighted by Crippen LogP contribution is -2.11. The van der Waals surface area contributed by atoms with Crippen molar-refractivity contribution < 1.29 is 9.90 Å². The van der Waals surface area contributed by atoms with Gasteiger partial charge in [-0.3, -0.25) is 9.79 Å². The van der Waals surface area contributed by atoms with Gasteiger partial charge in [-0.25, -0.2) is 0 Å². The van der Waals surface area contributed by atoms with Gasteiger partial charge >= 0.3 is 0 Å². The number of nitrogens with one attached hydrogen (secondary N) is 1. The second-order valence-corrected chi connectivity index (χ2v) is 7.48. The number of benzene rings is 2. The summed E-state index contributed by atoms with van der Waals surface area (Å²) in [5.74, 6) is -0.0831. The molecule has 2 aromatic rings. The number of phenols is 1. The number of aliphatic imine (C=N–C) groups is 1. The van der Waals surface area contributed by atoms with Crippen LogP contribution in [0.4, 0.5) is 11.4 Å². The summed E-state index contributed by atoms with van der Waals surface area (Å²) < 4.78 is 0. The molecule has 0 atom stereocenters. The topological polar surface area (TPSA) is 61.7 Å². The Hall–Kier alpha value is -2.62. The first-order valence-corrected chi connectivity index (χ1v) is 10.9. The lowest BCUT2D eigenvalue weighted by atomic mass is 10.1. The van der Waals surface area contributed by atoms with E-state index in [4.69, 9.17) is 0 Å². The van der Waals surface area contributed by atoms with Gasteiger partial charge in [-0.05, 0) is 49.2 Å². The van der Waals surface area contributed by atoms with Crippen LogP contribution in [0.5, 0.6) is 5.75 Å². The van der Waals surface area contributed by atoms with Gasteiger partial charge in [0.15, 0.2) is 0 Å². The summed E-state index contributed by atoms with van der Waals surface area (Å²) in [5.41, 5.74) is 1.99. The predicted molar refractivity (Wildman–Crippen MR) is 122 cm³/mol. The number of nitrogens with zero attached hydrogens (tertiary/aromatic N) is 1. The van der Waals surface area contributed by atoms with E-state index < -0.39 is 0 Å². The summed E-state index contributed by atoms with van der Waals surface area (Å²) in [5, 5.41) is 12.2. The zero-order chi connectivity index (χ0) is 20.7. The second-order valence-electron chi connectivity index (χ2n) is 7.48. The van der Waals surface area contributed by atoms with Crippen molar-refractivity contribution in [2.24, 2.45) is 4.99 Å². The molecular formula is C25H34N2O2. The summed E-state index contributed by atoms with van der Waals surface area (Å²) in [4.78, 5) is 16.7. The van der Waals surface area contributed by atoms with Gasteiger partial charge in [-0.2, -0.15) is 0 Å². The molecule has 2 N–H and O–H groups in total. The molecule has 4 nitrogen and oxygen atoms in total. The van der Waals surface area contributed by atoms with Crippen LogP contribution in [0.1, 0.15) is 81.5 Å². The fourth-order valence-electron chi connectivity index (χ4n) is 3.20. The lowest BCUT2D eigenvalue weighted by Gasteiger charge is -2.05. The first-order valence-electron chi connectivity index (χ1n) is 10.9. The van der Waals surface area contributed by atoms with Crippen molar-refractivity contribution in [1.29, 1.82) is 0 Å². The fraction of sp³-hybridized carbons (Fsp3) is 0.440. The Kier molecular flexibility index (Phi) is 10.6. The maximum Gasteiger partial charge on any atom is 0.255 e. The smallest absolute Gasteiger partial charge is 0.255 e. The van der Waals surface area contributed by atoms with E-state index in [1.165, 1.54) is 63.9 Å². The van der Waals surface area contributed by atoms with Crippen molar-refractivity contribution in [1.82, 2.24) is 0 Å². The van der Waals surface area contributed by atoms with E-state index >= 15 is 0 Å². The van der Waals surface area contributed by atoms with Gasteiger partial charge in [0.1, 0.15) is 5.75 Å². The number of unbranched alkanes of at least 4 members (excludes halogenated alkanes) is 9. The van der Waals surface area contributed by atoms with Gasteiger partial charge in [-0.1, -0.05) is 64.4 Å². The summed E-state index contributed by atoms with van der Waals surface area (Å²) in [6, 6.07) is 13.8. The minimum Gasteiger partial charge on any atom is -0.508 e. The van der Waals surface area contributed by atoms with E-state index in [1.807, 2.05) is 18.3 Å². The van der Waals surface area contributed by atoms with Gasteiger partial charge in [0.25, 0.3) is 5.91 Å². The molecule has 0 radical (unpaired) electrons. The molecule has 156 valence electrons. The van der Waals surface area contributed by atoms with Crippen LogP contribution in [0.3, 0.4) is 0 Å². The summed E-state index contributed by atoms with van der Waals surface area (Å²) in [6.45, 7) is 2.26. The number of anilines is 1. The zero-order valence-corrected chi connectivity index (χ0v) is 17.6. The van der Waals surface area contributed by atoms with Crippen LogP contribution < -0.4 is 5.32 Å². The van der Waals surface area contributed by atoms with E-state index in [-0.39, 0.29) is 11.7 Å². The third-order valence-electron chi connectivity index (χ3n) is 4.91. The quantitative estimate of drug-likeness (QED) is 0.277. The highest BCUT2D eigenvalue weighted by molar-refractivity contribution is 6.04. The van der Waals surface area contributed by atoms with Crippen LogP contribution in [-0.2, 0) is 0 Å². The Bertz CT molecular complexity index is 754. The molecule has 2 aromatic carbocycles. The number of phenolic OH excluding ortho intramolecular Hbond substituents is 1. The summed E-state index contributed by atoms with van der Waals surface area (Å²) in [6.07, 6.45) is 14.9. The lowest BCUT2D eigenvalue weighted by molar-refractivity contribution is 0.102. The number of carbonyl (C=O) groups is 1. The van der Waals surface area contributed by atoms with E-state index in [1.54, 1.807) is 30.3 Å². The maximum absolute atomic E-state index is 12.3. The third-order valence-corrected chi connectivity index (χ3v) is 4.91. The minimum absolute atomic E-state index is 0.124. The number of hydrogen-bond donors (Lipinski definition) is 2. The minimum atomic E-state index is -0.208. The molecule has 0 spiro atoms. The Morgan fingerprint density at radius 3 is 2.24 bits per heavy atom. The largest absolute Gasteiger partial charge is 0.508 e. The van der Waals surface area contributed by atoms with Crippen molar-refractivity contribution >= 4 is 23.5 Å². The van der Waals surface area contributed by atoms with E-state index in [0.717, 1.165) is 12.1 Å². The predicted octanol–water partition coefficient (Wildman–Crippen LogP) is 7.27. The average Bonchev–Trinajstić information content (AvgIpc) is 2.72. The number of rotatable bonds is 13. The van der Waals surface area contributed by atoms with Crippen LogP contribution in [0.2, 0.25) is 0 Å². The van der Waals surface area contributed by atoms with Gasteiger partial charge in [0.2, 0.25) is 0 Å². The molecule has 0 aliphatic carbocycles. The molecule has 0 saturated heterocycles. The highest BCUT2D eigenvalue weighted by Gasteiger charge is 2.06. The van der Waals surface area contributed by atoms with Crippen molar-refractivity contribution in [2.75, 3.05) is 5.32 Å². The van der Waals surface area contributed by atoms with E-state index in [2.05, 4.69) is 17.2 Å². The first-order chi connectivity index (χ1) is 14.2. The summed E-state index contributed by atoms with van der Waals surface area (Å²) >= 11 is 0. The number of aromatic hydroxyl groups is 1. The SMILES string of the molecule is CCCCCCCCCCCC=Nc1ccc(C(=O)Nc2cccc(O)c2)cc1. The molecule has 0 aliphatic rings. The highest BCUT2D eigenvalue weighted by Crippen LogP contribution is 2.18. The van der Waals surface area contributed by atoms with Crippen molar-refractivity contribution in [3.8, 4) is 5.75 Å². The van der Waals surface area contributed by atoms with Crippen LogP contribution >= 0.6 is 0 Å². The zero-order valence-electron chi connectivity index (χ0n) is 17.6. The average molecular weight is 395 g/mol. The molecule has 0 fully saturated rings. The molecule has 0 unspecified atom stereocenters. The Labute approximate surface area is 175 Å². The normalized spacial score (nSPS) is 11.1. The Morgan fingerprint density at radius 1 is 0.931 bits per heavy atom. The third kappa shape index (κ3) is 9.42. The first kappa shape index (κ1) is 22.7. The molecular weight excluding hydrogens is 360 g/mol. The van der Waals surface area contributed by atoms with Gasteiger partial charge in [-0.15, -0.1) is 0 Å². The van der Waals surface area contributed by atoms with Gasteiger partial charge < -0.3 is 10.4 Å². The molecule has 4 heteroatoms.